The molecule has 2 heterocycles. The molecule has 1 aromatic heterocycles. The fraction of sp³-hybridized carbons (Fsp3) is 0.556. The molecule has 1 fully saturated rings. The predicted molar refractivity (Wildman–Crippen MR) is 59.3 cm³/mol. The first-order valence-electron chi connectivity index (χ1n) is 5.22. The first-order chi connectivity index (χ1) is 8.44. The number of anilines is 1. The Morgan fingerprint density at radius 2 is 2.50 bits per heavy atom. The molecule has 2 N–H and O–H groups in total. The van der Waals surface area contributed by atoms with E-state index in [0.717, 1.165) is 0 Å². The fourth-order valence-corrected chi connectivity index (χ4v) is 1.81. The van der Waals surface area contributed by atoms with Crippen molar-refractivity contribution in [2.24, 2.45) is 7.05 Å². The van der Waals surface area contributed by atoms with Gasteiger partial charge in [-0.2, -0.15) is 0 Å². The van der Waals surface area contributed by atoms with Gasteiger partial charge < -0.3 is 15.2 Å². The van der Waals surface area contributed by atoms with Gasteiger partial charge in [-0.25, -0.2) is 4.79 Å². The number of carbonyl (C=O) groups is 1. The van der Waals surface area contributed by atoms with Crippen LogP contribution < -0.4 is 5.32 Å². The van der Waals surface area contributed by atoms with Crippen molar-refractivity contribution in [2.45, 2.75) is 12.0 Å². The van der Waals surface area contributed by atoms with Crippen LogP contribution in [0.25, 0.3) is 0 Å². The van der Waals surface area contributed by atoms with Crippen LogP contribution in [0.4, 0.5) is 11.5 Å². The normalized spacial score (nSPS) is 22.9. The van der Waals surface area contributed by atoms with Crippen LogP contribution in [-0.4, -0.2) is 44.5 Å². The third-order valence-corrected chi connectivity index (χ3v) is 2.79. The van der Waals surface area contributed by atoms with Gasteiger partial charge in [0.05, 0.1) is 11.5 Å². The highest BCUT2D eigenvalue weighted by Crippen LogP contribution is 2.29. The molecule has 9 heteroatoms. The zero-order valence-electron chi connectivity index (χ0n) is 9.62. The molecular weight excluding hydrogens is 244 g/mol. The number of carboxylic acids is 1. The summed E-state index contributed by atoms with van der Waals surface area (Å²) in [4.78, 5) is 21.5. The van der Waals surface area contributed by atoms with Gasteiger partial charge >= 0.3 is 11.7 Å². The van der Waals surface area contributed by atoms with E-state index in [1.807, 2.05) is 0 Å². The minimum atomic E-state index is -1.35. The van der Waals surface area contributed by atoms with Crippen LogP contribution in [-0.2, 0) is 16.6 Å². The van der Waals surface area contributed by atoms with E-state index in [1.165, 1.54) is 17.9 Å². The van der Waals surface area contributed by atoms with Crippen molar-refractivity contribution >= 4 is 17.5 Å². The lowest BCUT2D eigenvalue weighted by Crippen LogP contribution is -2.47. The van der Waals surface area contributed by atoms with Crippen LogP contribution in [0.2, 0.25) is 0 Å². The summed E-state index contributed by atoms with van der Waals surface area (Å²) in [5.74, 6) is -1.17. The topological polar surface area (TPSA) is 120 Å². The maximum absolute atomic E-state index is 11.3. The zero-order chi connectivity index (χ0) is 13.3. The summed E-state index contributed by atoms with van der Waals surface area (Å²) in [6.07, 6.45) is 1.45. The van der Waals surface area contributed by atoms with Gasteiger partial charge in [-0.3, -0.25) is 14.8 Å². The van der Waals surface area contributed by atoms with E-state index < -0.39 is 16.4 Å². The highest BCUT2D eigenvalue weighted by molar-refractivity contribution is 5.84. The lowest BCUT2D eigenvalue weighted by molar-refractivity contribution is -0.384. The number of aliphatic carboxylic acids is 1. The number of hydrogen-bond donors (Lipinski definition) is 2. The van der Waals surface area contributed by atoms with E-state index in [0.29, 0.717) is 6.61 Å². The molecule has 2 rings (SSSR count). The lowest BCUT2D eigenvalue weighted by Gasteiger charge is -2.22. The second-order valence-corrected chi connectivity index (χ2v) is 4.11. The van der Waals surface area contributed by atoms with Crippen molar-refractivity contribution in [3.8, 4) is 0 Å². The number of aryl methyl sites for hydroxylation is 1. The number of ether oxygens (including phenoxy) is 1. The fourth-order valence-electron chi connectivity index (χ4n) is 1.81. The maximum Gasteiger partial charge on any atom is 0.331 e. The quantitative estimate of drug-likeness (QED) is 0.574. The average Bonchev–Trinajstić information content (AvgIpc) is 2.86. The molecular formula is C9H12N4O5. The Kier molecular flexibility index (Phi) is 2.91. The number of nitrogens with zero attached hydrogens (tertiary/aromatic N) is 3. The Morgan fingerprint density at radius 1 is 1.78 bits per heavy atom. The second-order valence-electron chi connectivity index (χ2n) is 4.11. The molecule has 0 aliphatic carbocycles. The maximum atomic E-state index is 11.3. The van der Waals surface area contributed by atoms with E-state index in [2.05, 4.69) is 10.4 Å². The molecule has 1 saturated heterocycles. The van der Waals surface area contributed by atoms with Gasteiger partial charge in [0.15, 0.2) is 5.54 Å². The van der Waals surface area contributed by atoms with Crippen molar-refractivity contribution in [1.82, 2.24) is 9.78 Å². The largest absolute Gasteiger partial charge is 0.479 e. The van der Waals surface area contributed by atoms with E-state index in [1.54, 1.807) is 0 Å². The molecule has 98 valence electrons. The van der Waals surface area contributed by atoms with E-state index in [9.17, 15) is 20.0 Å². The first kappa shape index (κ1) is 12.3. The summed E-state index contributed by atoms with van der Waals surface area (Å²) in [6, 6.07) is 0. The van der Waals surface area contributed by atoms with Gasteiger partial charge in [0, 0.05) is 20.1 Å². The van der Waals surface area contributed by atoms with Crippen molar-refractivity contribution in [2.75, 3.05) is 18.5 Å². The third kappa shape index (κ3) is 1.99. The van der Waals surface area contributed by atoms with Crippen LogP contribution in [0, 0.1) is 10.1 Å². The zero-order valence-corrected chi connectivity index (χ0v) is 9.62. The third-order valence-electron chi connectivity index (χ3n) is 2.79. The second kappa shape index (κ2) is 4.26. The average molecular weight is 256 g/mol. The SMILES string of the molecule is Cn1cc([N+](=O)[O-])c(NC2(C(=O)O)CCOC2)n1. The highest BCUT2D eigenvalue weighted by Gasteiger charge is 2.44. The van der Waals surface area contributed by atoms with E-state index in [4.69, 9.17) is 4.74 Å². The number of hydrogen-bond acceptors (Lipinski definition) is 6. The Balaban J connectivity index is 2.32. The van der Waals surface area contributed by atoms with Crippen molar-refractivity contribution in [3.63, 3.8) is 0 Å². The number of carboxylic acid groups (broad SMARTS) is 1. The summed E-state index contributed by atoms with van der Waals surface area (Å²) in [7, 11) is 1.52. The molecule has 1 aliphatic heterocycles. The Hall–Kier alpha value is -2.16. The molecule has 0 radical (unpaired) electrons. The first-order valence-corrected chi connectivity index (χ1v) is 5.22. The van der Waals surface area contributed by atoms with Gasteiger partial charge in [0.25, 0.3) is 0 Å². The van der Waals surface area contributed by atoms with Gasteiger partial charge in [-0.1, -0.05) is 0 Å². The standard InChI is InChI=1S/C9H12N4O5/c1-12-4-6(13(16)17)7(11-12)10-9(8(14)15)2-3-18-5-9/h4H,2-3,5H2,1H3,(H,10,11)(H,14,15). The summed E-state index contributed by atoms with van der Waals surface area (Å²) < 4.78 is 6.31. The van der Waals surface area contributed by atoms with Crippen molar-refractivity contribution in [1.29, 1.82) is 0 Å². The molecule has 1 aliphatic rings. The Morgan fingerprint density at radius 3 is 3.00 bits per heavy atom. The minimum Gasteiger partial charge on any atom is -0.479 e. The summed E-state index contributed by atoms with van der Waals surface area (Å²) in [6.45, 7) is 0.246. The molecule has 1 aromatic rings. The monoisotopic (exact) mass is 256 g/mol. The summed E-state index contributed by atoms with van der Waals surface area (Å²) >= 11 is 0. The molecule has 1 unspecified atom stereocenters. The van der Waals surface area contributed by atoms with Gasteiger partial charge in [0.2, 0.25) is 5.82 Å². The minimum absolute atomic E-state index is 0.0456. The van der Waals surface area contributed by atoms with Gasteiger partial charge in [-0.05, 0) is 0 Å². The lowest BCUT2D eigenvalue weighted by atomic mass is 9.99. The van der Waals surface area contributed by atoms with Crippen LogP contribution in [0.15, 0.2) is 6.20 Å². The van der Waals surface area contributed by atoms with Crippen LogP contribution >= 0.6 is 0 Å². The summed E-state index contributed by atoms with van der Waals surface area (Å²) in [5.41, 5.74) is -1.61. The number of nitro groups is 1. The van der Waals surface area contributed by atoms with E-state index >= 15 is 0 Å². The highest BCUT2D eigenvalue weighted by atomic mass is 16.6. The molecule has 18 heavy (non-hydrogen) atoms. The molecule has 9 nitrogen and oxygen atoms in total. The molecule has 0 bridgehead atoms. The number of rotatable bonds is 4. The van der Waals surface area contributed by atoms with E-state index in [-0.39, 0.29) is 24.5 Å². The van der Waals surface area contributed by atoms with Crippen molar-refractivity contribution < 1.29 is 19.6 Å². The van der Waals surface area contributed by atoms with Crippen LogP contribution in [0.3, 0.4) is 0 Å². The Bertz CT molecular complexity index is 491. The molecule has 0 aromatic carbocycles. The number of nitrogens with one attached hydrogen (secondary N) is 1. The van der Waals surface area contributed by atoms with Gasteiger partial charge in [-0.15, -0.1) is 5.10 Å². The Labute approximate surface area is 101 Å². The van der Waals surface area contributed by atoms with Crippen LogP contribution in [0.1, 0.15) is 6.42 Å². The van der Waals surface area contributed by atoms with Gasteiger partial charge in [0.1, 0.15) is 6.20 Å². The molecule has 0 saturated carbocycles. The predicted octanol–water partition coefficient (Wildman–Crippen LogP) is -0.0161. The molecule has 0 spiro atoms. The molecule has 0 amide bonds. The molecule has 1 atom stereocenters. The number of aromatic nitrogens is 2. The van der Waals surface area contributed by atoms with Crippen molar-refractivity contribution in [3.05, 3.63) is 16.3 Å². The smallest absolute Gasteiger partial charge is 0.331 e. The summed E-state index contributed by atoms with van der Waals surface area (Å²) in [5, 5.41) is 26.5. The van der Waals surface area contributed by atoms with Crippen LogP contribution in [0.5, 0.6) is 0 Å².